The van der Waals surface area contributed by atoms with E-state index in [9.17, 15) is 9.59 Å². The number of nitrogens with zero attached hydrogens (tertiary/aromatic N) is 3. The van der Waals surface area contributed by atoms with Crippen LogP contribution in [-0.4, -0.2) is 34.4 Å². The third-order valence-electron chi connectivity index (χ3n) is 3.93. The van der Waals surface area contributed by atoms with Crippen molar-refractivity contribution in [2.45, 2.75) is 17.7 Å². The monoisotopic (exact) mass is 456 g/mol. The summed E-state index contributed by atoms with van der Waals surface area (Å²) in [6.45, 7) is -0.421. The molecule has 0 atom stereocenters. The molecule has 2 aromatic carbocycles. The second kappa shape index (κ2) is 11.2. The fraction of sp³-hybridized carbons (Fsp3) is 0.190. The number of nitrogens with one attached hydrogen (secondary N) is 1. The van der Waals surface area contributed by atoms with Gasteiger partial charge in [0.1, 0.15) is 0 Å². The van der Waals surface area contributed by atoms with Gasteiger partial charge in [-0.25, -0.2) is 0 Å². The Morgan fingerprint density at radius 3 is 2.74 bits per heavy atom. The van der Waals surface area contributed by atoms with Gasteiger partial charge in [0.25, 0.3) is 5.91 Å². The van der Waals surface area contributed by atoms with Crippen molar-refractivity contribution in [2.24, 2.45) is 0 Å². The third-order valence-corrected chi connectivity index (χ3v) is 5.12. The smallest absolute Gasteiger partial charge is 0.306 e. The molecular formula is C21H17ClN4O4S. The van der Waals surface area contributed by atoms with Crippen LogP contribution in [0.5, 0.6) is 0 Å². The summed E-state index contributed by atoms with van der Waals surface area (Å²) in [7, 11) is 0. The zero-order chi connectivity index (χ0) is 22.1. The van der Waals surface area contributed by atoms with Crippen molar-refractivity contribution in [2.75, 3.05) is 17.7 Å². The summed E-state index contributed by atoms with van der Waals surface area (Å²) < 4.78 is 10.2. The third kappa shape index (κ3) is 6.84. The molecule has 0 unspecified atom stereocenters. The Bertz CT molecular complexity index is 1100. The van der Waals surface area contributed by atoms with Gasteiger partial charge in [0.15, 0.2) is 6.61 Å². The molecule has 0 bridgehead atoms. The molecule has 0 fully saturated rings. The Morgan fingerprint density at radius 2 is 1.97 bits per heavy atom. The number of rotatable bonds is 9. The zero-order valence-electron chi connectivity index (χ0n) is 16.2. The number of hydrogen-bond acceptors (Lipinski definition) is 8. The lowest BCUT2D eigenvalue weighted by molar-refractivity contribution is -0.147. The van der Waals surface area contributed by atoms with E-state index in [1.165, 1.54) is 11.8 Å². The van der Waals surface area contributed by atoms with Gasteiger partial charge in [0.05, 0.1) is 23.9 Å². The molecule has 0 saturated heterocycles. The Morgan fingerprint density at radius 1 is 1.19 bits per heavy atom. The lowest BCUT2D eigenvalue weighted by Crippen LogP contribution is -2.21. The first-order chi connectivity index (χ1) is 15.0. The van der Waals surface area contributed by atoms with Gasteiger partial charge in [0.2, 0.25) is 11.7 Å². The van der Waals surface area contributed by atoms with Gasteiger partial charge in [-0.3, -0.25) is 9.59 Å². The second-order valence-corrected chi connectivity index (χ2v) is 7.62. The lowest BCUT2D eigenvalue weighted by Gasteiger charge is -2.09. The van der Waals surface area contributed by atoms with E-state index in [1.54, 1.807) is 42.5 Å². The van der Waals surface area contributed by atoms with Crippen LogP contribution in [0.2, 0.25) is 5.02 Å². The first kappa shape index (κ1) is 22.3. The number of nitriles is 1. The summed E-state index contributed by atoms with van der Waals surface area (Å²) in [5, 5.41) is 15.9. The van der Waals surface area contributed by atoms with E-state index in [0.717, 1.165) is 10.5 Å². The van der Waals surface area contributed by atoms with Gasteiger partial charge in [-0.1, -0.05) is 28.9 Å². The number of thioether (sulfide) groups is 1. The van der Waals surface area contributed by atoms with Gasteiger partial charge in [-0.05, 0) is 36.4 Å². The Hall–Kier alpha value is -3.35. The standard InChI is InChI=1S/C21H17ClN4O4S/c22-15-7-5-14(6-8-15)21-25-19(30-26-21)9-10-20(28)29-13-18(27)24-16-3-1-2-4-17(16)31-12-11-23/h1-8H,9-10,12-13H2,(H,24,27). The van der Waals surface area contributed by atoms with Crippen molar-refractivity contribution in [3.8, 4) is 17.5 Å². The summed E-state index contributed by atoms with van der Waals surface area (Å²) in [6.07, 6.45) is 0.179. The SMILES string of the molecule is N#CCSc1ccccc1NC(=O)COC(=O)CCc1nc(-c2ccc(Cl)cc2)no1. The second-order valence-electron chi connectivity index (χ2n) is 6.17. The molecule has 1 amide bonds. The van der Waals surface area contributed by atoms with E-state index >= 15 is 0 Å². The van der Waals surface area contributed by atoms with Crippen LogP contribution in [0.15, 0.2) is 57.9 Å². The van der Waals surface area contributed by atoms with Gasteiger partial charge in [-0.2, -0.15) is 10.2 Å². The zero-order valence-corrected chi connectivity index (χ0v) is 17.8. The summed E-state index contributed by atoms with van der Waals surface area (Å²) in [4.78, 5) is 29.0. The maximum atomic E-state index is 12.1. The molecule has 3 aromatic rings. The molecule has 0 spiro atoms. The largest absolute Gasteiger partial charge is 0.456 e. The van der Waals surface area contributed by atoms with Crippen LogP contribution in [0.3, 0.4) is 0 Å². The van der Waals surface area contributed by atoms with Crippen molar-refractivity contribution in [1.82, 2.24) is 10.1 Å². The van der Waals surface area contributed by atoms with Gasteiger partial charge in [0, 0.05) is 21.9 Å². The number of aryl methyl sites for hydroxylation is 1. The van der Waals surface area contributed by atoms with Gasteiger partial charge in [-0.15, -0.1) is 11.8 Å². The number of esters is 1. The topological polar surface area (TPSA) is 118 Å². The highest BCUT2D eigenvalue weighted by molar-refractivity contribution is 7.99. The van der Waals surface area contributed by atoms with E-state index < -0.39 is 18.5 Å². The number of carbonyl (C=O) groups is 2. The minimum atomic E-state index is -0.562. The summed E-state index contributed by atoms with van der Waals surface area (Å²) in [5.41, 5.74) is 1.30. The number of amides is 1. The minimum Gasteiger partial charge on any atom is -0.456 e. The van der Waals surface area contributed by atoms with Crippen LogP contribution >= 0.6 is 23.4 Å². The Labute approximate surface area is 187 Å². The molecule has 0 saturated carbocycles. The van der Waals surface area contributed by atoms with Crippen LogP contribution in [0.4, 0.5) is 5.69 Å². The Balaban J connectivity index is 1.44. The number of halogens is 1. The summed E-state index contributed by atoms with van der Waals surface area (Å²) >= 11 is 7.16. The van der Waals surface area contributed by atoms with E-state index in [2.05, 4.69) is 15.5 Å². The molecule has 0 aliphatic carbocycles. The highest BCUT2D eigenvalue weighted by Crippen LogP contribution is 2.26. The molecule has 10 heteroatoms. The number of anilines is 1. The predicted octanol–water partition coefficient (Wildman–Crippen LogP) is 4.12. The molecule has 8 nitrogen and oxygen atoms in total. The molecule has 158 valence electrons. The molecule has 31 heavy (non-hydrogen) atoms. The van der Waals surface area contributed by atoms with Gasteiger partial charge >= 0.3 is 5.97 Å². The number of aromatic nitrogens is 2. The average Bonchev–Trinajstić information content (AvgIpc) is 3.25. The van der Waals surface area contributed by atoms with Crippen LogP contribution in [0.1, 0.15) is 12.3 Å². The fourth-order valence-electron chi connectivity index (χ4n) is 2.49. The van der Waals surface area contributed by atoms with Crippen molar-refractivity contribution in [3.63, 3.8) is 0 Å². The Kier molecular flexibility index (Phi) is 8.04. The molecule has 3 rings (SSSR count). The van der Waals surface area contributed by atoms with Crippen LogP contribution in [0, 0.1) is 11.3 Å². The predicted molar refractivity (Wildman–Crippen MR) is 115 cm³/mol. The van der Waals surface area contributed by atoms with Crippen molar-refractivity contribution in [3.05, 3.63) is 59.4 Å². The first-order valence-corrected chi connectivity index (χ1v) is 10.5. The highest BCUT2D eigenvalue weighted by Gasteiger charge is 2.13. The van der Waals surface area contributed by atoms with Crippen LogP contribution < -0.4 is 5.32 Å². The summed E-state index contributed by atoms with van der Waals surface area (Å²) in [5.74, 6) is -0.0890. The number of para-hydroxylation sites is 1. The number of hydrogen-bond donors (Lipinski definition) is 1. The molecule has 0 aliphatic rings. The molecule has 1 heterocycles. The lowest BCUT2D eigenvalue weighted by atomic mass is 10.2. The molecule has 0 aliphatic heterocycles. The number of benzene rings is 2. The number of carbonyl (C=O) groups excluding carboxylic acids is 2. The molecule has 0 radical (unpaired) electrons. The maximum absolute atomic E-state index is 12.1. The maximum Gasteiger partial charge on any atom is 0.306 e. The van der Waals surface area contributed by atoms with Crippen molar-refractivity contribution >= 4 is 40.9 Å². The molecule has 1 N–H and O–H groups in total. The first-order valence-electron chi connectivity index (χ1n) is 9.18. The van der Waals surface area contributed by atoms with Gasteiger partial charge < -0.3 is 14.6 Å². The van der Waals surface area contributed by atoms with E-state index in [1.807, 2.05) is 12.1 Å². The number of ether oxygens (including phenoxy) is 1. The van der Waals surface area contributed by atoms with Crippen molar-refractivity contribution in [1.29, 1.82) is 5.26 Å². The average molecular weight is 457 g/mol. The minimum absolute atomic E-state index is 0.00978. The molecule has 1 aromatic heterocycles. The van der Waals surface area contributed by atoms with Crippen molar-refractivity contribution < 1.29 is 18.8 Å². The van der Waals surface area contributed by atoms with Crippen LogP contribution in [0.25, 0.3) is 11.4 Å². The highest BCUT2D eigenvalue weighted by atomic mass is 35.5. The summed E-state index contributed by atoms with van der Waals surface area (Å²) in [6, 6.07) is 16.1. The van der Waals surface area contributed by atoms with Crippen LogP contribution in [-0.2, 0) is 20.7 Å². The molecular weight excluding hydrogens is 440 g/mol. The fourth-order valence-corrected chi connectivity index (χ4v) is 3.29. The quantitative estimate of drug-likeness (QED) is 0.377. The van der Waals surface area contributed by atoms with E-state index in [4.69, 9.17) is 26.1 Å². The van der Waals surface area contributed by atoms with E-state index in [-0.39, 0.29) is 24.5 Å². The van der Waals surface area contributed by atoms with E-state index in [0.29, 0.717) is 16.5 Å². The normalized spacial score (nSPS) is 10.3.